The summed E-state index contributed by atoms with van der Waals surface area (Å²) in [6, 6.07) is 24.8. The Morgan fingerprint density at radius 2 is 1.17 bits per heavy atom. The number of fused-ring (bicyclic) bond motifs is 1. The third-order valence-electron chi connectivity index (χ3n) is 6.00. The van der Waals surface area contributed by atoms with Crippen molar-refractivity contribution in [3.05, 3.63) is 106 Å². The molecule has 0 radical (unpaired) electrons. The van der Waals surface area contributed by atoms with Crippen molar-refractivity contribution in [2.45, 2.75) is 5.41 Å². The predicted octanol–water partition coefficient (Wildman–Crippen LogP) is 3.70. The lowest BCUT2D eigenvalue weighted by atomic mass is 9.83. The normalized spacial score (nSPS) is 21.7. The third kappa shape index (κ3) is 2.29. The van der Waals surface area contributed by atoms with Crippen LogP contribution in [0.3, 0.4) is 0 Å². The number of hydrogen-bond donors (Lipinski definition) is 0. The molecule has 0 N–H and O–H groups in total. The highest BCUT2D eigenvalue weighted by Crippen LogP contribution is 2.68. The van der Waals surface area contributed by atoms with E-state index in [1.165, 1.54) is 29.2 Å². The molecular weight excluding hydrogens is 368 g/mol. The molecule has 3 aromatic carbocycles. The standard InChI is InChI=1S/C23H16N2O4/c26-21-19-20(22(27)24(21)17-11-13-18(14-12-17)25(28)29)23(19,15-7-3-1-4-8-15)16-9-5-2-6-10-16/h1-14,19-20H/t19-,20+. The van der Waals surface area contributed by atoms with Crippen molar-refractivity contribution >= 4 is 23.2 Å². The SMILES string of the molecule is O=C1[C@@H]2[C@H](C(=O)N1c1ccc([N+](=O)[O-])cc1)C2(c1ccccc1)c1ccccc1. The number of hydrogen-bond acceptors (Lipinski definition) is 4. The van der Waals surface area contributed by atoms with Crippen LogP contribution in [0.2, 0.25) is 0 Å². The third-order valence-corrected chi connectivity index (χ3v) is 6.00. The van der Waals surface area contributed by atoms with Crippen LogP contribution in [0, 0.1) is 22.0 Å². The number of amides is 2. The zero-order valence-electron chi connectivity index (χ0n) is 15.3. The maximum Gasteiger partial charge on any atom is 0.269 e. The van der Waals surface area contributed by atoms with Crippen molar-refractivity contribution in [3.63, 3.8) is 0 Å². The molecular formula is C23H16N2O4. The first-order chi connectivity index (χ1) is 14.1. The summed E-state index contributed by atoms with van der Waals surface area (Å²) in [6.07, 6.45) is 0. The zero-order chi connectivity index (χ0) is 20.2. The van der Waals surface area contributed by atoms with Crippen molar-refractivity contribution in [3.8, 4) is 0 Å². The Hall–Kier alpha value is -3.80. The van der Waals surface area contributed by atoms with E-state index in [-0.39, 0.29) is 17.5 Å². The van der Waals surface area contributed by atoms with Gasteiger partial charge in [0.1, 0.15) is 0 Å². The molecule has 6 heteroatoms. The van der Waals surface area contributed by atoms with Crippen LogP contribution in [0.15, 0.2) is 84.9 Å². The molecule has 2 atom stereocenters. The van der Waals surface area contributed by atoms with E-state index < -0.39 is 22.2 Å². The van der Waals surface area contributed by atoms with Gasteiger partial charge in [-0.3, -0.25) is 19.7 Å². The minimum atomic E-state index is -0.659. The van der Waals surface area contributed by atoms with E-state index in [0.29, 0.717) is 5.69 Å². The van der Waals surface area contributed by atoms with Gasteiger partial charge in [-0.1, -0.05) is 60.7 Å². The molecule has 0 spiro atoms. The number of nitro groups is 1. The van der Waals surface area contributed by atoms with Gasteiger partial charge >= 0.3 is 0 Å². The number of non-ortho nitro benzene ring substituents is 1. The molecule has 29 heavy (non-hydrogen) atoms. The second kappa shape index (κ2) is 6.10. The van der Waals surface area contributed by atoms with E-state index in [2.05, 4.69) is 0 Å². The fourth-order valence-electron chi connectivity index (χ4n) is 4.74. The summed E-state index contributed by atoms with van der Waals surface area (Å²) in [5.41, 5.74) is 1.53. The summed E-state index contributed by atoms with van der Waals surface area (Å²) >= 11 is 0. The maximum atomic E-state index is 13.3. The molecule has 142 valence electrons. The Kier molecular flexibility index (Phi) is 3.64. The van der Waals surface area contributed by atoms with Gasteiger partial charge in [0.15, 0.2) is 0 Å². The monoisotopic (exact) mass is 384 g/mol. The predicted molar refractivity (Wildman–Crippen MR) is 106 cm³/mol. The van der Waals surface area contributed by atoms with Crippen molar-refractivity contribution in [2.24, 2.45) is 11.8 Å². The van der Waals surface area contributed by atoms with E-state index in [1.54, 1.807) is 0 Å². The highest BCUT2D eigenvalue weighted by Gasteiger charge is 2.78. The van der Waals surface area contributed by atoms with Crippen molar-refractivity contribution in [2.75, 3.05) is 4.90 Å². The molecule has 3 aromatic rings. The largest absolute Gasteiger partial charge is 0.274 e. The summed E-state index contributed by atoms with van der Waals surface area (Å²) in [5.74, 6) is -1.48. The summed E-state index contributed by atoms with van der Waals surface area (Å²) < 4.78 is 0. The van der Waals surface area contributed by atoms with Crippen LogP contribution in [0.25, 0.3) is 0 Å². The Morgan fingerprint density at radius 1 is 0.724 bits per heavy atom. The van der Waals surface area contributed by atoms with Crippen molar-refractivity contribution in [1.82, 2.24) is 0 Å². The van der Waals surface area contributed by atoms with Gasteiger partial charge in [-0.05, 0) is 23.3 Å². The Bertz CT molecular complexity index is 1060. The van der Waals surface area contributed by atoms with Gasteiger partial charge in [-0.2, -0.15) is 0 Å². The Labute approximate surface area is 166 Å². The lowest BCUT2D eigenvalue weighted by Gasteiger charge is -2.26. The number of rotatable bonds is 4. The Morgan fingerprint density at radius 3 is 1.59 bits per heavy atom. The number of nitro benzene ring substituents is 1. The smallest absolute Gasteiger partial charge is 0.269 e. The second-order valence-electron chi connectivity index (χ2n) is 7.34. The van der Waals surface area contributed by atoms with E-state index in [0.717, 1.165) is 11.1 Å². The highest BCUT2D eigenvalue weighted by atomic mass is 16.6. The quantitative estimate of drug-likeness (QED) is 0.390. The summed E-state index contributed by atoms with van der Waals surface area (Å²) in [5, 5.41) is 10.9. The van der Waals surface area contributed by atoms with Crippen LogP contribution in [-0.2, 0) is 15.0 Å². The van der Waals surface area contributed by atoms with E-state index in [1.807, 2.05) is 60.7 Å². The van der Waals surface area contributed by atoms with Crippen LogP contribution in [-0.4, -0.2) is 16.7 Å². The van der Waals surface area contributed by atoms with Crippen LogP contribution in [0.4, 0.5) is 11.4 Å². The van der Waals surface area contributed by atoms with Gasteiger partial charge in [0, 0.05) is 17.5 Å². The molecule has 5 rings (SSSR count). The summed E-state index contributed by atoms with van der Waals surface area (Å²) in [7, 11) is 0. The molecule has 1 saturated heterocycles. The second-order valence-corrected chi connectivity index (χ2v) is 7.34. The number of anilines is 1. The highest BCUT2D eigenvalue weighted by molar-refractivity contribution is 6.27. The van der Waals surface area contributed by atoms with Crippen molar-refractivity contribution in [1.29, 1.82) is 0 Å². The van der Waals surface area contributed by atoms with Crippen molar-refractivity contribution < 1.29 is 14.5 Å². The maximum absolute atomic E-state index is 13.3. The minimum Gasteiger partial charge on any atom is -0.274 e. The van der Waals surface area contributed by atoms with E-state index in [9.17, 15) is 19.7 Å². The molecule has 0 aromatic heterocycles. The summed E-state index contributed by atoms with van der Waals surface area (Å²) in [4.78, 5) is 38.2. The molecule has 1 heterocycles. The van der Waals surface area contributed by atoms with Gasteiger partial charge in [0.25, 0.3) is 5.69 Å². The lowest BCUT2D eigenvalue weighted by molar-refractivity contribution is -0.384. The molecule has 2 amide bonds. The average molecular weight is 384 g/mol. The fourth-order valence-corrected chi connectivity index (χ4v) is 4.74. The topological polar surface area (TPSA) is 80.5 Å². The number of imide groups is 1. The first-order valence-corrected chi connectivity index (χ1v) is 9.30. The van der Waals surface area contributed by atoms with Crippen LogP contribution in [0.1, 0.15) is 11.1 Å². The number of piperidine rings is 1. The molecule has 1 saturated carbocycles. The van der Waals surface area contributed by atoms with Gasteiger partial charge in [-0.15, -0.1) is 0 Å². The zero-order valence-corrected chi connectivity index (χ0v) is 15.3. The first kappa shape index (κ1) is 17.3. The van der Waals surface area contributed by atoms with Gasteiger partial charge in [-0.25, -0.2) is 4.90 Å². The van der Waals surface area contributed by atoms with E-state index >= 15 is 0 Å². The van der Waals surface area contributed by atoms with Crippen LogP contribution >= 0.6 is 0 Å². The molecule has 2 fully saturated rings. The minimum absolute atomic E-state index is 0.0825. The fraction of sp³-hybridized carbons (Fsp3) is 0.130. The number of carbonyl (C=O) groups is 2. The molecule has 0 unspecified atom stereocenters. The van der Waals surface area contributed by atoms with Gasteiger partial charge in [0.2, 0.25) is 11.8 Å². The first-order valence-electron chi connectivity index (χ1n) is 9.30. The Balaban J connectivity index is 1.57. The molecule has 6 nitrogen and oxygen atoms in total. The van der Waals surface area contributed by atoms with E-state index in [4.69, 9.17) is 0 Å². The number of benzene rings is 3. The summed E-state index contributed by atoms with van der Waals surface area (Å²) in [6.45, 7) is 0. The number of carbonyl (C=O) groups excluding carboxylic acids is 2. The average Bonchev–Trinajstić information content (AvgIpc) is 3.39. The molecule has 1 aliphatic carbocycles. The number of nitrogens with zero attached hydrogens (tertiary/aromatic N) is 2. The molecule has 1 aliphatic heterocycles. The van der Waals surface area contributed by atoms with Crippen LogP contribution in [0.5, 0.6) is 0 Å². The van der Waals surface area contributed by atoms with Crippen LogP contribution < -0.4 is 4.90 Å². The lowest BCUT2D eigenvalue weighted by Crippen LogP contribution is -2.39. The van der Waals surface area contributed by atoms with Gasteiger partial charge < -0.3 is 0 Å². The van der Waals surface area contributed by atoms with Gasteiger partial charge in [0.05, 0.1) is 22.4 Å². The molecule has 0 bridgehead atoms. The molecule has 2 aliphatic rings.